The fourth-order valence-electron chi connectivity index (χ4n) is 2.48. The molecule has 0 bridgehead atoms. The van der Waals surface area contributed by atoms with Gasteiger partial charge < -0.3 is 4.90 Å². The number of carbonyl (C=O) groups is 1. The SMILES string of the molecule is Cc1nnsc1C(=O)N1CCC[C@@H](c2ccn[nH]2)C1. The molecule has 1 N–H and O–H groups in total. The molecule has 1 aliphatic heterocycles. The van der Waals surface area contributed by atoms with Gasteiger partial charge in [-0.25, -0.2) is 0 Å². The van der Waals surface area contributed by atoms with E-state index >= 15 is 0 Å². The van der Waals surface area contributed by atoms with Crippen molar-refractivity contribution in [2.75, 3.05) is 13.1 Å². The quantitative estimate of drug-likeness (QED) is 0.904. The van der Waals surface area contributed by atoms with Gasteiger partial charge in [-0.15, -0.1) is 5.10 Å². The zero-order valence-corrected chi connectivity index (χ0v) is 11.5. The highest BCUT2D eigenvalue weighted by Crippen LogP contribution is 2.26. The molecule has 3 rings (SSSR count). The summed E-state index contributed by atoms with van der Waals surface area (Å²) in [6, 6.07) is 1.98. The largest absolute Gasteiger partial charge is 0.337 e. The fourth-order valence-corrected chi connectivity index (χ4v) is 3.11. The van der Waals surface area contributed by atoms with Crippen LogP contribution in [0, 0.1) is 6.92 Å². The minimum Gasteiger partial charge on any atom is -0.337 e. The molecule has 3 heterocycles. The molecule has 100 valence electrons. The van der Waals surface area contributed by atoms with E-state index in [0.717, 1.165) is 37.3 Å². The molecule has 2 aromatic rings. The lowest BCUT2D eigenvalue weighted by Gasteiger charge is -2.31. The highest BCUT2D eigenvalue weighted by atomic mass is 32.1. The Morgan fingerprint density at radius 2 is 2.47 bits per heavy atom. The minimum atomic E-state index is 0.0525. The maximum absolute atomic E-state index is 12.4. The summed E-state index contributed by atoms with van der Waals surface area (Å²) in [5.41, 5.74) is 1.83. The molecule has 19 heavy (non-hydrogen) atoms. The molecule has 1 aliphatic rings. The second-order valence-electron chi connectivity index (χ2n) is 4.79. The Hall–Kier alpha value is -1.76. The summed E-state index contributed by atoms with van der Waals surface area (Å²) < 4.78 is 3.83. The number of rotatable bonds is 2. The molecule has 0 saturated carbocycles. The van der Waals surface area contributed by atoms with Crippen molar-refractivity contribution in [2.45, 2.75) is 25.7 Å². The standard InChI is InChI=1S/C12H15N5OS/c1-8-11(19-16-14-8)12(18)17-6-2-3-9(7-17)10-4-5-13-15-10/h4-5,9H,2-3,6-7H2,1H3,(H,13,15)/t9-/m1/s1. The van der Waals surface area contributed by atoms with Crippen molar-refractivity contribution < 1.29 is 4.79 Å². The van der Waals surface area contributed by atoms with Gasteiger partial charge in [0.15, 0.2) is 0 Å². The van der Waals surface area contributed by atoms with Crippen LogP contribution in [-0.2, 0) is 0 Å². The van der Waals surface area contributed by atoms with E-state index in [1.807, 2.05) is 17.9 Å². The Balaban J connectivity index is 1.75. The molecule has 0 aliphatic carbocycles. The van der Waals surface area contributed by atoms with E-state index in [0.29, 0.717) is 10.8 Å². The van der Waals surface area contributed by atoms with Gasteiger partial charge in [0.1, 0.15) is 4.88 Å². The molecular formula is C12H15N5OS. The zero-order valence-electron chi connectivity index (χ0n) is 10.7. The van der Waals surface area contributed by atoms with E-state index in [9.17, 15) is 4.79 Å². The third kappa shape index (κ3) is 2.37. The van der Waals surface area contributed by atoms with Crippen molar-refractivity contribution in [3.8, 4) is 0 Å². The molecule has 0 spiro atoms. The Kier molecular flexibility index (Phi) is 3.29. The summed E-state index contributed by atoms with van der Waals surface area (Å²) in [6.07, 6.45) is 3.86. The van der Waals surface area contributed by atoms with Gasteiger partial charge in [0.25, 0.3) is 5.91 Å². The Morgan fingerprint density at radius 3 is 3.16 bits per heavy atom. The number of amides is 1. The number of aromatic amines is 1. The molecule has 1 saturated heterocycles. The monoisotopic (exact) mass is 277 g/mol. The number of hydrogen-bond acceptors (Lipinski definition) is 5. The van der Waals surface area contributed by atoms with Crippen LogP contribution < -0.4 is 0 Å². The molecule has 2 aromatic heterocycles. The van der Waals surface area contributed by atoms with Crippen LogP contribution in [0.15, 0.2) is 12.3 Å². The highest BCUT2D eigenvalue weighted by molar-refractivity contribution is 7.07. The number of likely N-dealkylation sites (tertiary alicyclic amines) is 1. The predicted octanol–water partition coefficient (Wildman–Crippen LogP) is 1.59. The molecule has 7 heteroatoms. The molecule has 0 unspecified atom stereocenters. The number of aromatic nitrogens is 4. The Labute approximate surface area is 115 Å². The maximum atomic E-state index is 12.4. The fraction of sp³-hybridized carbons (Fsp3) is 0.500. The van der Waals surface area contributed by atoms with Crippen molar-refractivity contribution in [1.29, 1.82) is 0 Å². The lowest BCUT2D eigenvalue weighted by Crippen LogP contribution is -2.39. The van der Waals surface area contributed by atoms with Crippen LogP contribution >= 0.6 is 11.5 Å². The molecular weight excluding hydrogens is 262 g/mol. The van der Waals surface area contributed by atoms with E-state index in [-0.39, 0.29) is 5.91 Å². The Bertz CT molecular complexity index is 564. The Morgan fingerprint density at radius 1 is 1.58 bits per heavy atom. The first-order valence-electron chi connectivity index (χ1n) is 6.33. The van der Waals surface area contributed by atoms with Crippen LogP contribution in [0.25, 0.3) is 0 Å². The van der Waals surface area contributed by atoms with Crippen LogP contribution in [0.5, 0.6) is 0 Å². The van der Waals surface area contributed by atoms with Crippen LogP contribution in [0.4, 0.5) is 0 Å². The topological polar surface area (TPSA) is 74.8 Å². The smallest absolute Gasteiger partial charge is 0.267 e. The number of aryl methyl sites for hydroxylation is 1. The van der Waals surface area contributed by atoms with Crippen molar-refractivity contribution in [1.82, 2.24) is 24.7 Å². The molecule has 6 nitrogen and oxygen atoms in total. The summed E-state index contributed by atoms with van der Waals surface area (Å²) in [6.45, 7) is 3.37. The molecule has 1 fully saturated rings. The third-order valence-corrected chi connectivity index (χ3v) is 4.33. The van der Waals surface area contributed by atoms with Crippen molar-refractivity contribution in [2.24, 2.45) is 0 Å². The van der Waals surface area contributed by atoms with E-state index < -0.39 is 0 Å². The number of H-pyrrole nitrogens is 1. The number of hydrogen-bond donors (Lipinski definition) is 1. The molecule has 0 aromatic carbocycles. The minimum absolute atomic E-state index is 0.0525. The van der Waals surface area contributed by atoms with Crippen molar-refractivity contribution in [3.05, 3.63) is 28.5 Å². The number of piperidine rings is 1. The van der Waals surface area contributed by atoms with Gasteiger partial charge >= 0.3 is 0 Å². The van der Waals surface area contributed by atoms with Gasteiger partial charge in [-0.05, 0) is 37.4 Å². The first-order chi connectivity index (χ1) is 9.25. The number of nitrogens with one attached hydrogen (secondary N) is 1. The third-order valence-electron chi connectivity index (χ3n) is 3.52. The molecule has 0 radical (unpaired) electrons. The van der Waals surface area contributed by atoms with Crippen LogP contribution in [-0.4, -0.2) is 43.7 Å². The van der Waals surface area contributed by atoms with Gasteiger partial charge in [0.05, 0.1) is 5.69 Å². The molecule has 1 amide bonds. The van der Waals surface area contributed by atoms with E-state index in [1.165, 1.54) is 11.5 Å². The summed E-state index contributed by atoms with van der Waals surface area (Å²) >= 11 is 1.18. The normalized spacial score (nSPS) is 19.6. The number of carbonyl (C=O) groups excluding carboxylic acids is 1. The van der Waals surface area contributed by atoms with Crippen molar-refractivity contribution in [3.63, 3.8) is 0 Å². The van der Waals surface area contributed by atoms with E-state index in [2.05, 4.69) is 19.8 Å². The van der Waals surface area contributed by atoms with Crippen LogP contribution in [0.3, 0.4) is 0 Å². The predicted molar refractivity (Wildman–Crippen MR) is 71.1 cm³/mol. The average molecular weight is 277 g/mol. The summed E-state index contributed by atoms with van der Waals surface area (Å²) in [5, 5.41) is 10.9. The van der Waals surface area contributed by atoms with Gasteiger partial charge in [-0.3, -0.25) is 9.89 Å². The number of nitrogens with zero attached hydrogens (tertiary/aromatic N) is 4. The van der Waals surface area contributed by atoms with E-state index in [1.54, 1.807) is 6.20 Å². The van der Waals surface area contributed by atoms with Crippen LogP contribution in [0.1, 0.15) is 39.8 Å². The van der Waals surface area contributed by atoms with Crippen molar-refractivity contribution >= 4 is 17.4 Å². The summed E-state index contributed by atoms with van der Waals surface area (Å²) in [7, 11) is 0. The van der Waals surface area contributed by atoms with Crippen LogP contribution in [0.2, 0.25) is 0 Å². The van der Waals surface area contributed by atoms with Gasteiger partial charge in [-0.2, -0.15) is 5.10 Å². The van der Waals surface area contributed by atoms with Gasteiger partial charge in [0, 0.05) is 30.9 Å². The first-order valence-corrected chi connectivity index (χ1v) is 7.10. The maximum Gasteiger partial charge on any atom is 0.267 e. The van der Waals surface area contributed by atoms with Gasteiger partial charge in [0.2, 0.25) is 0 Å². The molecule has 1 atom stereocenters. The highest BCUT2D eigenvalue weighted by Gasteiger charge is 2.28. The first kappa shape index (κ1) is 12.3. The van der Waals surface area contributed by atoms with Gasteiger partial charge in [-0.1, -0.05) is 4.49 Å². The lowest BCUT2D eigenvalue weighted by molar-refractivity contribution is 0.0710. The lowest BCUT2D eigenvalue weighted by atomic mass is 9.95. The van der Waals surface area contributed by atoms with E-state index in [4.69, 9.17) is 0 Å². The summed E-state index contributed by atoms with van der Waals surface area (Å²) in [5.74, 6) is 0.401. The summed E-state index contributed by atoms with van der Waals surface area (Å²) in [4.78, 5) is 15.0. The second kappa shape index (κ2) is 5.08. The average Bonchev–Trinajstić information content (AvgIpc) is 3.09. The second-order valence-corrected chi connectivity index (χ2v) is 5.54. The zero-order chi connectivity index (χ0) is 13.2.